The van der Waals surface area contributed by atoms with E-state index in [2.05, 4.69) is 164 Å². The van der Waals surface area contributed by atoms with Gasteiger partial charge >= 0.3 is 0 Å². The van der Waals surface area contributed by atoms with Crippen molar-refractivity contribution in [1.29, 1.82) is 0 Å². The van der Waals surface area contributed by atoms with Crippen LogP contribution in [0.1, 0.15) is 167 Å². The highest BCUT2D eigenvalue weighted by Crippen LogP contribution is 2.63. The van der Waals surface area contributed by atoms with Gasteiger partial charge in [-0.15, -0.1) is 0 Å². The lowest BCUT2D eigenvalue weighted by atomic mass is 9.47. The Balaban J connectivity index is 1.20. The molecule has 13 rings (SSSR count). The number of benzene rings is 4. The smallest absolute Gasteiger partial charge is 0.212 e. The van der Waals surface area contributed by atoms with Crippen molar-refractivity contribution in [2.24, 2.45) is 35.5 Å². The molecule has 1 aromatic heterocycles. The van der Waals surface area contributed by atoms with Crippen molar-refractivity contribution in [3.05, 3.63) is 125 Å². The van der Waals surface area contributed by atoms with Crippen LogP contribution in [0.2, 0.25) is 0 Å². The second kappa shape index (κ2) is 14.4. The van der Waals surface area contributed by atoms with E-state index >= 15 is 5.11 Å². The highest BCUT2D eigenvalue weighted by molar-refractivity contribution is 5.83. The Morgan fingerprint density at radius 1 is 0.397 bits per heavy atom. The number of pyridine rings is 1. The highest BCUT2D eigenvalue weighted by Gasteiger charge is 2.59. The van der Waals surface area contributed by atoms with E-state index in [9.17, 15) is 0 Å². The quantitative estimate of drug-likeness (QED) is 0.157. The molecule has 2 nitrogen and oxygen atoms in total. The molecule has 8 saturated carbocycles. The molecule has 0 unspecified atom stereocenters. The summed E-state index contributed by atoms with van der Waals surface area (Å²) in [4.78, 5) is 0. The first-order chi connectivity index (χ1) is 29.8. The molecule has 0 spiro atoms. The fraction of sp³-hybridized carbons (Fsp3) is 0.525. The average molecular weight is 836 g/mol. The van der Waals surface area contributed by atoms with Crippen LogP contribution >= 0.6 is 0 Å². The van der Waals surface area contributed by atoms with Crippen LogP contribution in [-0.4, -0.2) is 0 Å². The largest absolute Gasteiger partial charge is 0.872 e. The zero-order chi connectivity index (χ0) is 43.8. The molecule has 0 aliphatic heterocycles. The first kappa shape index (κ1) is 41.5. The zero-order valence-electron chi connectivity index (χ0n) is 40.0. The summed E-state index contributed by atoms with van der Waals surface area (Å²) in [6, 6.07) is 37.6. The Kier molecular flexibility index (Phi) is 9.50. The van der Waals surface area contributed by atoms with Crippen LogP contribution in [0, 0.1) is 35.5 Å². The van der Waals surface area contributed by atoms with E-state index in [1.807, 2.05) is 0 Å². The van der Waals surface area contributed by atoms with Crippen molar-refractivity contribution in [3.63, 3.8) is 0 Å². The van der Waals surface area contributed by atoms with Gasteiger partial charge in [0.1, 0.15) is 0 Å². The zero-order valence-corrected chi connectivity index (χ0v) is 40.0. The minimum absolute atomic E-state index is 0.0326. The molecule has 328 valence electrons. The minimum atomic E-state index is 0.0326. The van der Waals surface area contributed by atoms with Crippen LogP contribution in [0.4, 0.5) is 0 Å². The van der Waals surface area contributed by atoms with Crippen LogP contribution < -0.4 is 9.67 Å². The van der Waals surface area contributed by atoms with Gasteiger partial charge in [0.2, 0.25) is 5.69 Å². The van der Waals surface area contributed by atoms with E-state index in [0.717, 1.165) is 57.8 Å². The number of nitrogens with zero attached hydrogens (tertiary/aromatic N) is 1. The molecule has 0 saturated heterocycles. The van der Waals surface area contributed by atoms with Gasteiger partial charge in [-0.25, -0.2) is 0 Å². The molecule has 0 radical (unpaired) electrons. The summed E-state index contributed by atoms with van der Waals surface area (Å²) < 4.78 is 2.87. The molecule has 8 aliphatic rings. The molecule has 4 aromatic carbocycles. The van der Waals surface area contributed by atoms with Crippen molar-refractivity contribution < 1.29 is 9.67 Å². The third kappa shape index (κ3) is 7.24. The molecular formula is C61H73NO. The Labute approximate surface area is 380 Å². The van der Waals surface area contributed by atoms with Crippen LogP contribution in [0.15, 0.2) is 97.1 Å². The molecule has 5 aromatic rings. The summed E-state index contributed by atoms with van der Waals surface area (Å²) in [7, 11) is 0. The molecule has 63 heavy (non-hydrogen) atoms. The first-order valence-corrected chi connectivity index (χ1v) is 25.1. The lowest BCUT2D eigenvalue weighted by Gasteiger charge is -2.57. The molecule has 0 N–H and O–H groups in total. The topological polar surface area (TPSA) is 26.9 Å². The van der Waals surface area contributed by atoms with Gasteiger partial charge in [0, 0.05) is 24.3 Å². The summed E-state index contributed by atoms with van der Waals surface area (Å²) in [5.74, 6) is 5.05. The molecule has 0 atom stereocenters. The van der Waals surface area contributed by atoms with Crippen molar-refractivity contribution in [2.75, 3.05) is 0 Å². The lowest BCUT2D eigenvalue weighted by molar-refractivity contribution is -0.624. The first-order valence-electron chi connectivity index (χ1n) is 25.1. The van der Waals surface area contributed by atoms with E-state index in [4.69, 9.17) is 0 Å². The van der Waals surface area contributed by atoms with Crippen LogP contribution in [0.5, 0.6) is 5.75 Å². The number of hydrogen-bond donors (Lipinski definition) is 0. The maximum absolute atomic E-state index is 15.3. The monoisotopic (exact) mass is 836 g/mol. The molecular weight excluding hydrogens is 763 g/mol. The Morgan fingerprint density at radius 2 is 0.683 bits per heavy atom. The van der Waals surface area contributed by atoms with E-state index in [1.54, 1.807) is 11.4 Å². The third-order valence-electron chi connectivity index (χ3n) is 17.8. The molecule has 8 aliphatic carbocycles. The third-order valence-corrected chi connectivity index (χ3v) is 17.8. The van der Waals surface area contributed by atoms with Crippen molar-refractivity contribution >= 4 is 0 Å². The molecule has 0 amide bonds. The van der Waals surface area contributed by atoms with Crippen LogP contribution in [0.3, 0.4) is 0 Å². The minimum Gasteiger partial charge on any atom is -0.872 e. The second-order valence-electron chi connectivity index (χ2n) is 25.6. The number of aromatic nitrogens is 1. The van der Waals surface area contributed by atoms with Gasteiger partial charge in [-0.2, -0.15) is 4.57 Å². The van der Waals surface area contributed by atoms with E-state index in [0.29, 0.717) is 0 Å². The summed E-state index contributed by atoms with van der Waals surface area (Å²) in [5.41, 5.74) is 15.1. The van der Waals surface area contributed by atoms with Gasteiger partial charge < -0.3 is 5.11 Å². The summed E-state index contributed by atoms with van der Waals surface area (Å²) in [6.07, 6.45) is 16.3. The molecule has 8 fully saturated rings. The van der Waals surface area contributed by atoms with E-state index in [-0.39, 0.29) is 32.8 Å². The maximum Gasteiger partial charge on any atom is 0.212 e. The van der Waals surface area contributed by atoms with Crippen molar-refractivity contribution in [1.82, 2.24) is 0 Å². The van der Waals surface area contributed by atoms with Crippen LogP contribution in [-0.2, 0) is 27.1 Å². The van der Waals surface area contributed by atoms with Gasteiger partial charge in [-0.1, -0.05) is 141 Å². The maximum atomic E-state index is 15.3. The van der Waals surface area contributed by atoms with Crippen molar-refractivity contribution in [3.8, 4) is 44.8 Å². The predicted molar refractivity (Wildman–Crippen MR) is 260 cm³/mol. The summed E-state index contributed by atoms with van der Waals surface area (Å²) >= 11 is 0. The number of rotatable bonds is 6. The molecule has 8 bridgehead atoms. The Hall–Kier alpha value is -4.17. The van der Waals surface area contributed by atoms with E-state index in [1.165, 1.54) is 111 Å². The van der Waals surface area contributed by atoms with Gasteiger partial charge in [0.25, 0.3) is 0 Å². The average Bonchev–Trinajstić information content (AvgIpc) is 3.22. The molecule has 1 heterocycles. The Bertz CT molecular complexity index is 2330. The summed E-state index contributed by atoms with van der Waals surface area (Å²) in [6.45, 7) is 20.6. The standard InChI is InChI=1S/C61H73NO/c1-57(2,3)48-16-10-44(11-17-48)47-28-54(60-32-38-22-39(33-60)24-40(23-38)34-60)62(55(29-47)61-35-41-25-42(36-61)27-43(26-41)37-61)51-30-52(45-12-18-49(19-13-45)58(4,5)6)56(63)53(31-51)46-14-20-50(21-15-46)59(7,8)9/h10-21,28-31,38-43H,22-27,32-37H2,1-9H3. The fourth-order valence-electron chi connectivity index (χ4n) is 15.3. The normalized spacial score (nSPS) is 29.7. The van der Waals surface area contributed by atoms with Gasteiger partial charge in [0.15, 0.2) is 11.4 Å². The van der Waals surface area contributed by atoms with Crippen molar-refractivity contribution in [2.45, 2.75) is 166 Å². The second-order valence-corrected chi connectivity index (χ2v) is 25.6. The van der Waals surface area contributed by atoms with Crippen LogP contribution in [0.25, 0.3) is 39.1 Å². The van der Waals surface area contributed by atoms with E-state index < -0.39 is 0 Å². The lowest BCUT2D eigenvalue weighted by Crippen LogP contribution is -2.59. The van der Waals surface area contributed by atoms with Gasteiger partial charge in [-0.05, 0) is 179 Å². The van der Waals surface area contributed by atoms with Gasteiger partial charge in [0.05, 0.1) is 10.8 Å². The number of hydrogen-bond acceptors (Lipinski definition) is 1. The summed E-state index contributed by atoms with van der Waals surface area (Å²) in [5, 5.41) is 15.3. The highest BCUT2D eigenvalue weighted by atomic mass is 16.3. The SMILES string of the molecule is CC(C)(C)c1ccc(-c2cc(C34CC5CC(CC(C5)C3)C4)[n+](-c3cc(-c4ccc(C(C)(C)C)cc4)c([O-])c(-c4ccc(C(C)(C)C)cc4)c3)c(C34CC5CC(CC(C5)C3)C4)c2)cc1. The fourth-order valence-corrected chi connectivity index (χ4v) is 15.3. The predicted octanol–water partition coefficient (Wildman–Crippen LogP) is 14.9. The van der Waals surface area contributed by atoms with Gasteiger partial charge in [-0.3, -0.25) is 0 Å². The Morgan fingerprint density at radius 3 is 0.968 bits per heavy atom. The molecule has 2 heteroatoms.